The molecule has 0 heterocycles. The zero-order valence-electron chi connectivity index (χ0n) is 10.3. The molecule has 0 aromatic carbocycles. The third kappa shape index (κ3) is 12.7. The van der Waals surface area contributed by atoms with Crippen LogP contribution in [0.1, 0.15) is 32.6 Å². The lowest BCUT2D eigenvalue weighted by atomic mass is 10.2. The molecule has 16 heavy (non-hydrogen) atoms. The molecule has 0 amide bonds. The fourth-order valence-electron chi connectivity index (χ4n) is 1.12. The van der Waals surface area contributed by atoms with Crippen LogP contribution in [0.25, 0.3) is 0 Å². The molecule has 0 atom stereocenters. The Hall–Kier alpha value is -1.30. The predicted molar refractivity (Wildman–Crippen MR) is 75.2 cm³/mol. The van der Waals surface area contributed by atoms with Crippen molar-refractivity contribution in [3.8, 4) is 0 Å². The SMILES string of the molecule is [CH2]C=CCC=CCC=CCC=CCC=CC. The number of hydrogen-bond donors (Lipinski definition) is 0. The van der Waals surface area contributed by atoms with E-state index < -0.39 is 0 Å². The Morgan fingerprint density at radius 1 is 0.625 bits per heavy atom. The van der Waals surface area contributed by atoms with Crippen molar-refractivity contribution in [3.05, 3.63) is 67.7 Å². The van der Waals surface area contributed by atoms with Gasteiger partial charge in [-0.2, -0.15) is 0 Å². The zero-order valence-corrected chi connectivity index (χ0v) is 10.3. The van der Waals surface area contributed by atoms with Gasteiger partial charge in [0.05, 0.1) is 0 Å². The van der Waals surface area contributed by atoms with Crippen molar-refractivity contribution >= 4 is 0 Å². The van der Waals surface area contributed by atoms with Crippen LogP contribution in [0.2, 0.25) is 0 Å². The summed E-state index contributed by atoms with van der Waals surface area (Å²) in [5.74, 6) is 0. The zero-order chi connectivity index (χ0) is 11.9. The van der Waals surface area contributed by atoms with E-state index in [0.717, 1.165) is 25.7 Å². The largest absolute Gasteiger partial charge is 0.0914 e. The molecular formula is C16H23. The molecule has 0 heteroatoms. The lowest BCUT2D eigenvalue weighted by molar-refractivity contribution is 1.26. The van der Waals surface area contributed by atoms with E-state index in [0.29, 0.717) is 0 Å². The van der Waals surface area contributed by atoms with Crippen LogP contribution in [0.3, 0.4) is 0 Å². The van der Waals surface area contributed by atoms with Crippen molar-refractivity contribution in [2.75, 3.05) is 0 Å². The van der Waals surface area contributed by atoms with Gasteiger partial charge in [-0.25, -0.2) is 0 Å². The van der Waals surface area contributed by atoms with Crippen LogP contribution < -0.4 is 0 Å². The molecule has 1 radical (unpaired) electrons. The maximum Gasteiger partial charge on any atom is -0.0169 e. The summed E-state index contributed by atoms with van der Waals surface area (Å²) in [6.45, 7) is 5.68. The first-order chi connectivity index (χ1) is 7.91. The van der Waals surface area contributed by atoms with Crippen molar-refractivity contribution in [1.29, 1.82) is 0 Å². The minimum atomic E-state index is 0.987. The molecule has 87 valence electrons. The highest BCUT2D eigenvalue weighted by atomic mass is 13.8. The third-order valence-corrected chi connectivity index (χ3v) is 1.99. The molecular weight excluding hydrogens is 192 g/mol. The van der Waals surface area contributed by atoms with Gasteiger partial charge in [0.2, 0.25) is 0 Å². The van der Waals surface area contributed by atoms with Crippen LogP contribution in [0.15, 0.2) is 60.8 Å². The van der Waals surface area contributed by atoms with Crippen molar-refractivity contribution < 1.29 is 0 Å². The number of rotatable bonds is 8. The third-order valence-electron chi connectivity index (χ3n) is 1.99. The lowest BCUT2D eigenvalue weighted by Gasteiger charge is -1.84. The van der Waals surface area contributed by atoms with E-state index in [2.05, 4.69) is 55.5 Å². The summed E-state index contributed by atoms with van der Waals surface area (Å²) in [7, 11) is 0. The Balaban J connectivity index is 3.40. The quantitative estimate of drug-likeness (QED) is 0.489. The Bertz CT molecular complexity index is 234. The van der Waals surface area contributed by atoms with Crippen LogP contribution in [-0.2, 0) is 0 Å². The van der Waals surface area contributed by atoms with Crippen LogP contribution in [0.4, 0.5) is 0 Å². The maximum atomic E-state index is 3.63. The fourth-order valence-corrected chi connectivity index (χ4v) is 1.12. The molecule has 0 rings (SSSR count). The standard InChI is InChI=1S/C16H23/c1-3-5-7-9-11-13-15-16-14-12-10-8-6-4-2/h3-6,9-12,15-16H,1,7-8,13-14H2,2H3. The minimum absolute atomic E-state index is 0.987. The van der Waals surface area contributed by atoms with Gasteiger partial charge in [0.15, 0.2) is 0 Å². The second-order valence-electron chi connectivity index (χ2n) is 3.40. The van der Waals surface area contributed by atoms with Gasteiger partial charge in [-0.05, 0) is 39.5 Å². The molecule has 0 saturated carbocycles. The maximum absolute atomic E-state index is 3.63. The second kappa shape index (κ2) is 13.7. The average molecular weight is 215 g/mol. The normalized spacial score (nSPS) is 13.4. The molecule has 0 spiro atoms. The average Bonchev–Trinajstić information content (AvgIpc) is 2.31. The summed E-state index contributed by atoms with van der Waals surface area (Å²) in [6.07, 6.45) is 25.3. The van der Waals surface area contributed by atoms with Gasteiger partial charge in [-0.3, -0.25) is 0 Å². The van der Waals surface area contributed by atoms with Gasteiger partial charge >= 0.3 is 0 Å². The summed E-state index contributed by atoms with van der Waals surface area (Å²) >= 11 is 0. The van der Waals surface area contributed by atoms with E-state index >= 15 is 0 Å². The Morgan fingerprint density at radius 3 is 1.38 bits per heavy atom. The van der Waals surface area contributed by atoms with Gasteiger partial charge in [0.25, 0.3) is 0 Å². The van der Waals surface area contributed by atoms with Gasteiger partial charge in [0.1, 0.15) is 0 Å². The topological polar surface area (TPSA) is 0 Å². The smallest absolute Gasteiger partial charge is 0.0169 e. The van der Waals surface area contributed by atoms with E-state index in [1.54, 1.807) is 0 Å². The van der Waals surface area contributed by atoms with Crippen molar-refractivity contribution in [2.45, 2.75) is 32.6 Å². The fraction of sp³-hybridized carbons (Fsp3) is 0.312. The van der Waals surface area contributed by atoms with Crippen molar-refractivity contribution in [1.82, 2.24) is 0 Å². The van der Waals surface area contributed by atoms with Crippen LogP contribution in [-0.4, -0.2) is 0 Å². The predicted octanol–water partition coefficient (Wildman–Crippen LogP) is 5.18. The second-order valence-corrected chi connectivity index (χ2v) is 3.40. The Morgan fingerprint density at radius 2 is 1.00 bits per heavy atom. The summed E-state index contributed by atoms with van der Waals surface area (Å²) in [4.78, 5) is 0. The summed E-state index contributed by atoms with van der Waals surface area (Å²) in [6, 6.07) is 0. The molecule has 0 saturated heterocycles. The molecule has 0 aliphatic heterocycles. The van der Waals surface area contributed by atoms with E-state index in [4.69, 9.17) is 0 Å². The van der Waals surface area contributed by atoms with Crippen LogP contribution in [0.5, 0.6) is 0 Å². The van der Waals surface area contributed by atoms with Crippen molar-refractivity contribution in [2.24, 2.45) is 0 Å². The highest BCUT2D eigenvalue weighted by Gasteiger charge is 1.73. The molecule has 0 unspecified atom stereocenters. The van der Waals surface area contributed by atoms with Gasteiger partial charge in [-0.1, -0.05) is 60.8 Å². The molecule has 0 aliphatic rings. The van der Waals surface area contributed by atoms with E-state index in [1.807, 2.05) is 19.1 Å². The summed E-state index contributed by atoms with van der Waals surface area (Å²) in [5, 5.41) is 0. The first-order valence-electron chi connectivity index (χ1n) is 5.92. The molecule has 0 bridgehead atoms. The van der Waals surface area contributed by atoms with Crippen LogP contribution in [0, 0.1) is 6.92 Å². The van der Waals surface area contributed by atoms with E-state index in [1.165, 1.54) is 0 Å². The highest BCUT2D eigenvalue weighted by molar-refractivity contribution is 5.00. The van der Waals surface area contributed by atoms with Gasteiger partial charge in [-0.15, -0.1) is 0 Å². The monoisotopic (exact) mass is 215 g/mol. The number of allylic oxidation sites excluding steroid dienone is 10. The van der Waals surface area contributed by atoms with Crippen LogP contribution >= 0.6 is 0 Å². The Kier molecular flexibility index (Phi) is 12.6. The molecule has 0 aromatic rings. The first-order valence-corrected chi connectivity index (χ1v) is 5.92. The van der Waals surface area contributed by atoms with Crippen molar-refractivity contribution in [3.63, 3.8) is 0 Å². The molecule has 0 aliphatic carbocycles. The first kappa shape index (κ1) is 14.7. The molecule has 0 nitrogen and oxygen atoms in total. The van der Waals surface area contributed by atoms with E-state index in [9.17, 15) is 0 Å². The van der Waals surface area contributed by atoms with E-state index in [-0.39, 0.29) is 0 Å². The minimum Gasteiger partial charge on any atom is -0.0914 e. The van der Waals surface area contributed by atoms with Gasteiger partial charge in [0, 0.05) is 0 Å². The summed E-state index contributed by atoms with van der Waals surface area (Å²) < 4.78 is 0. The molecule has 0 fully saturated rings. The molecule has 0 aromatic heterocycles. The lowest BCUT2D eigenvalue weighted by Crippen LogP contribution is -1.63. The number of hydrogen-bond acceptors (Lipinski definition) is 0. The highest BCUT2D eigenvalue weighted by Crippen LogP contribution is 1.94. The molecule has 0 N–H and O–H groups in total. The van der Waals surface area contributed by atoms with Gasteiger partial charge < -0.3 is 0 Å². The Labute approximate surface area is 101 Å². The summed E-state index contributed by atoms with van der Waals surface area (Å²) in [5.41, 5.74) is 0.